The molecule has 0 bridgehead atoms. The van der Waals surface area contributed by atoms with Crippen molar-refractivity contribution in [2.45, 2.75) is 33.1 Å². The van der Waals surface area contributed by atoms with Crippen LogP contribution in [-0.2, 0) is 14.9 Å². The fourth-order valence-corrected chi connectivity index (χ4v) is 2.64. The highest BCUT2D eigenvalue weighted by atomic mass is 16.5. The van der Waals surface area contributed by atoms with E-state index in [1.54, 1.807) is 18.2 Å². The zero-order valence-electron chi connectivity index (χ0n) is 17.9. The third-order valence-electron chi connectivity index (χ3n) is 4.30. The van der Waals surface area contributed by atoms with Crippen LogP contribution in [0.3, 0.4) is 0 Å². The van der Waals surface area contributed by atoms with Crippen LogP contribution in [-0.4, -0.2) is 38.1 Å². The van der Waals surface area contributed by atoms with Gasteiger partial charge in [-0.3, -0.25) is 14.9 Å². The van der Waals surface area contributed by atoms with Crippen LogP contribution in [0.15, 0.2) is 42.5 Å². The molecule has 1 N–H and O–H groups in total. The summed E-state index contributed by atoms with van der Waals surface area (Å²) in [7, 11) is 1.49. The quantitative estimate of drug-likeness (QED) is 0.699. The first-order valence-electron chi connectivity index (χ1n) is 9.58. The summed E-state index contributed by atoms with van der Waals surface area (Å²) in [6.45, 7) is 7.83. The highest BCUT2D eigenvalue weighted by Gasteiger charge is 2.17. The molecule has 7 heteroatoms. The zero-order chi connectivity index (χ0) is 22.3. The molecule has 0 saturated carbocycles. The molecule has 0 unspecified atom stereocenters. The Kier molecular flexibility index (Phi) is 7.58. The van der Waals surface area contributed by atoms with Gasteiger partial charge in [0, 0.05) is 5.56 Å². The summed E-state index contributed by atoms with van der Waals surface area (Å²) in [4.78, 5) is 36.4. The van der Waals surface area contributed by atoms with Crippen molar-refractivity contribution >= 4 is 17.8 Å². The average molecular weight is 413 g/mol. The molecule has 0 radical (unpaired) electrons. The number of rotatable bonds is 7. The van der Waals surface area contributed by atoms with Crippen molar-refractivity contribution in [2.75, 3.05) is 20.3 Å². The van der Waals surface area contributed by atoms with Crippen molar-refractivity contribution in [3.05, 3.63) is 59.2 Å². The van der Waals surface area contributed by atoms with Gasteiger partial charge in [0.05, 0.1) is 19.3 Å². The van der Waals surface area contributed by atoms with Gasteiger partial charge in [0.2, 0.25) is 0 Å². The van der Waals surface area contributed by atoms with Crippen LogP contribution in [0.1, 0.15) is 54.0 Å². The number of carbonyl (C=O) groups excluding carboxylic acids is 3. The molecular formula is C23H27NO6. The second kappa shape index (κ2) is 9.91. The number of ether oxygens (including phenoxy) is 3. The van der Waals surface area contributed by atoms with Crippen molar-refractivity contribution in [3.63, 3.8) is 0 Å². The van der Waals surface area contributed by atoms with Gasteiger partial charge in [-0.1, -0.05) is 32.9 Å². The summed E-state index contributed by atoms with van der Waals surface area (Å²) in [6, 6.07) is 11.6. The number of hydrogen-bond acceptors (Lipinski definition) is 6. The minimum atomic E-state index is -0.716. The molecule has 2 aromatic carbocycles. The Labute approximate surface area is 176 Å². The Morgan fingerprint density at radius 3 is 2.13 bits per heavy atom. The Morgan fingerprint density at radius 1 is 0.933 bits per heavy atom. The lowest BCUT2D eigenvalue weighted by molar-refractivity contribution is -0.123. The number of amides is 2. The van der Waals surface area contributed by atoms with Crippen LogP contribution < -0.4 is 14.8 Å². The average Bonchev–Trinajstić information content (AvgIpc) is 2.71. The normalized spacial score (nSPS) is 10.8. The molecule has 2 aromatic rings. The lowest BCUT2D eigenvalue weighted by Gasteiger charge is -2.19. The fourth-order valence-electron chi connectivity index (χ4n) is 2.64. The molecule has 0 aromatic heterocycles. The number of carbonyl (C=O) groups is 3. The first-order chi connectivity index (χ1) is 14.2. The third-order valence-corrected chi connectivity index (χ3v) is 4.30. The smallest absolute Gasteiger partial charge is 0.338 e. The van der Waals surface area contributed by atoms with Gasteiger partial charge in [0.25, 0.3) is 11.8 Å². The number of esters is 1. The lowest BCUT2D eigenvalue weighted by atomic mass is 9.87. The highest BCUT2D eigenvalue weighted by molar-refractivity contribution is 6.05. The largest absolute Gasteiger partial charge is 0.493 e. The number of nitrogens with one attached hydrogen (secondary N) is 1. The minimum Gasteiger partial charge on any atom is -0.493 e. The molecule has 160 valence electrons. The maximum atomic E-state index is 12.2. The molecule has 30 heavy (non-hydrogen) atoms. The first kappa shape index (κ1) is 22.9. The van der Waals surface area contributed by atoms with Crippen molar-refractivity contribution < 1.29 is 28.6 Å². The molecule has 0 aliphatic carbocycles. The summed E-state index contributed by atoms with van der Waals surface area (Å²) in [5.74, 6) is -1.11. The maximum absolute atomic E-state index is 12.2. The fraction of sp³-hybridized carbons (Fsp3) is 0.348. The molecule has 0 aliphatic heterocycles. The Bertz CT molecular complexity index is 912. The van der Waals surface area contributed by atoms with Crippen molar-refractivity contribution in [2.24, 2.45) is 0 Å². The van der Waals surface area contributed by atoms with Gasteiger partial charge in [0.1, 0.15) is 0 Å². The zero-order valence-corrected chi connectivity index (χ0v) is 17.9. The van der Waals surface area contributed by atoms with E-state index in [0.29, 0.717) is 23.7 Å². The lowest BCUT2D eigenvalue weighted by Crippen LogP contribution is -2.34. The number of benzene rings is 2. The maximum Gasteiger partial charge on any atom is 0.338 e. The summed E-state index contributed by atoms with van der Waals surface area (Å²) in [6.07, 6.45) is 0. The molecule has 0 heterocycles. The van der Waals surface area contributed by atoms with Crippen LogP contribution >= 0.6 is 0 Å². The predicted octanol–water partition coefficient (Wildman–Crippen LogP) is 3.50. The molecule has 0 fully saturated rings. The van der Waals surface area contributed by atoms with Crippen molar-refractivity contribution in [1.29, 1.82) is 0 Å². The van der Waals surface area contributed by atoms with Crippen LogP contribution in [0.25, 0.3) is 0 Å². The van der Waals surface area contributed by atoms with Gasteiger partial charge in [-0.15, -0.1) is 0 Å². The van der Waals surface area contributed by atoms with E-state index >= 15 is 0 Å². The van der Waals surface area contributed by atoms with E-state index in [0.717, 1.165) is 5.56 Å². The highest BCUT2D eigenvalue weighted by Crippen LogP contribution is 2.28. The SMILES string of the molecule is CCOc1cc(C(=O)OCC(=O)NC(=O)c2ccc(C(C)(C)C)cc2)ccc1OC. The molecule has 0 atom stereocenters. The van der Waals surface area contributed by atoms with Gasteiger partial charge >= 0.3 is 5.97 Å². The van der Waals surface area contributed by atoms with Gasteiger partial charge in [-0.25, -0.2) is 4.79 Å². The second-order valence-corrected chi connectivity index (χ2v) is 7.58. The molecule has 7 nitrogen and oxygen atoms in total. The molecule has 2 amide bonds. The van der Waals surface area contributed by atoms with E-state index in [-0.39, 0.29) is 11.0 Å². The number of imide groups is 1. The van der Waals surface area contributed by atoms with E-state index in [1.807, 2.05) is 19.1 Å². The summed E-state index contributed by atoms with van der Waals surface area (Å²) in [5, 5.41) is 2.21. The first-order valence-corrected chi connectivity index (χ1v) is 9.58. The van der Waals surface area contributed by atoms with E-state index in [2.05, 4.69) is 26.1 Å². The predicted molar refractivity (Wildman–Crippen MR) is 112 cm³/mol. The van der Waals surface area contributed by atoms with Crippen molar-refractivity contribution in [3.8, 4) is 11.5 Å². The monoisotopic (exact) mass is 413 g/mol. The molecule has 0 saturated heterocycles. The van der Waals surface area contributed by atoms with E-state index in [4.69, 9.17) is 14.2 Å². The van der Waals surface area contributed by atoms with E-state index in [9.17, 15) is 14.4 Å². The standard InChI is InChI=1S/C23H27NO6/c1-6-29-19-13-16(9-12-18(19)28-5)22(27)30-14-20(25)24-21(26)15-7-10-17(11-8-15)23(2,3)4/h7-13H,6,14H2,1-5H3,(H,24,25,26). The van der Waals surface area contributed by atoms with Crippen LogP contribution in [0.2, 0.25) is 0 Å². The topological polar surface area (TPSA) is 90.9 Å². The molecule has 2 rings (SSSR count). The van der Waals surface area contributed by atoms with Crippen LogP contribution in [0, 0.1) is 0 Å². The van der Waals surface area contributed by atoms with E-state index < -0.39 is 24.4 Å². The number of hydrogen-bond donors (Lipinski definition) is 1. The number of methoxy groups -OCH3 is 1. The Morgan fingerprint density at radius 2 is 1.57 bits per heavy atom. The molecular weight excluding hydrogens is 386 g/mol. The van der Waals surface area contributed by atoms with Crippen molar-refractivity contribution in [1.82, 2.24) is 5.32 Å². The third kappa shape index (κ3) is 6.07. The molecule has 0 aliphatic rings. The van der Waals surface area contributed by atoms with Gasteiger partial charge in [-0.05, 0) is 48.2 Å². The second-order valence-electron chi connectivity index (χ2n) is 7.58. The van der Waals surface area contributed by atoms with Crippen LogP contribution in [0.5, 0.6) is 11.5 Å². The summed E-state index contributed by atoms with van der Waals surface area (Å²) >= 11 is 0. The van der Waals surface area contributed by atoms with Gasteiger partial charge in [0.15, 0.2) is 18.1 Å². The van der Waals surface area contributed by atoms with Gasteiger partial charge < -0.3 is 14.2 Å². The van der Waals surface area contributed by atoms with Gasteiger partial charge in [-0.2, -0.15) is 0 Å². The van der Waals surface area contributed by atoms with Crippen LogP contribution in [0.4, 0.5) is 0 Å². The van der Waals surface area contributed by atoms with E-state index in [1.165, 1.54) is 19.2 Å². The molecule has 0 spiro atoms. The summed E-state index contributed by atoms with van der Waals surface area (Å²) < 4.78 is 15.6. The Hall–Kier alpha value is -3.35. The Balaban J connectivity index is 1.93. The minimum absolute atomic E-state index is 0.0392. The summed E-state index contributed by atoms with van der Waals surface area (Å²) in [5.41, 5.74) is 1.59.